The van der Waals surface area contributed by atoms with Crippen LogP contribution in [0.3, 0.4) is 0 Å². The predicted molar refractivity (Wildman–Crippen MR) is 116 cm³/mol. The Labute approximate surface area is 175 Å². The molecule has 1 amide bonds. The van der Waals surface area contributed by atoms with Crippen molar-refractivity contribution in [3.05, 3.63) is 65.0 Å². The molecule has 1 unspecified atom stereocenters. The summed E-state index contributed by atoms with van der Waals surface area (Å²) in [5.74, 6) is 1.69. The quantitative estimate of drug-likeness (QED) is 0.576. The third kappa shape index (κ3) is 5.60. The number of nitrogens with zero attached hydrogens (tertiary/aromatic N) is 3. The molecule has 1 heterocycles. The van der Waals surface area contributed by atoms with Gasteiger partial charge in [0, 0.05) is 12.7 Å². The highest BCUT2D eigenvalue weighted by molar-refractivity contribution is 7.99. The number of nitrogens with one attached hydrogen (secondary N) is 1. The van der Waals surface area contributed by atoms with Gasteiger partial charge in [-0.25, -0.2) is 0 Å². The topological polar surface area (TPSA) is 69.0 Å². The molecule has 0 bridgehead atoms. The molecule has 0 spiro atoms. The average molecular weight is 411 g/mol. The Morgan fingerprint density at radius 2 is 1.83 bits per heavy atom. The Morgan fingerprint density at radius 3 is 2.52 bits per heavy atom. The van der Waals surface area contributed by atoms with Crippen LogP contribution in [-0.4, -0.2) is 26.4 Å². The van der Waals surface area contributed by atoms with Gasteiger partial charge >= 0.3 is 0 Å². The molecule has 0 saturated carbocycles. The smallest absolute Gasteiger partial charge is 0.234 e. The summed E-state index contributed by atoms with van der Waals surface area (Å²) in [4.78, 5) is 12.3. The van der Waals surface area contributed by atoms with Crippen molar-refractivity contribution in [3.63, 3.8) is 0 Å². The van der Waals surface area contributed by atoms with Crippen molar-refractivity contribution >= 4 is 23.4 Å². The van der Waals surface area contributed by atoms with Crippen LogP contribution in [0.4, 0.5) is 5.69 Å². The second-order valence-electron chi connectivity index (χ2n) is 7.19. The standard InChI is InChI=1S/C22H26N4O2S/c1-14-7-6-8-19(12-14)28-17(4)21-24-25-22(26(21)5)29-13-20(27)23-18-10-15(2)9-16(3)11-18/h6-12,17H,13H2,1-5H3,(H,23,27). The molecule has 1 atom stereocenters. The maximum atomic E-state index is 12.3. The average Bonchev–Trinajstić information content (AvgIpc) is 3.00. The molecule has 0 radical (unpaired) electrons. The number of hydrogen-bond acceptors (Lipinski definition) is 5. The largest absolute Gasteiger partial charge is 0.483 e. The van der Waals surface area contributed by atoms with Crippen molar-refractivity contribution in [2.45, 2.75) is 39.0 Å². The van der Waals surface area contributed by atoms with Crippen molar-refractivity contribution in [3.8, 4) is 5.75 Å². The Bertz CT molecular complexity index is 996. The lowest BCUT2D eigenvalue weighted by atomic mass is 10.1. The minimum absolute atomic E-state index is 0.0754. The number of ether oxygens (including phenoxy) is 1. The number of thioether (sulfide) groups is 1. The number of amides is 1. The fourth-order valence-corrected chi connectivity index (χ4v) is 3.84. The van der Waals surface area contributed by atoms with Crippen LogP contribution in [0, 0.1) is 20.8 Å². The van der Waals surface area contributed by atoms with Gasteiger partial charge < -0.3 is 14.6 Å². The van der Waals surface area contributed by atoms with E-state index in [9.17, 15) is 4.79 Å². The molecule has 6 nitrogen and oxygen atoms in total. The normalized spacial score (nSPS) is 11.9. The molecule has 1 aromatic heterocycles. The van der Waals surface area contributed by atoms with Crippen LogP contribution in [-0.2, 0) is 11.8 Å². The van der Waals surface area contributed by atoms with E-state index in [1.807, 2.05) is 75.7 Å². The molecule has 2 aromatic carbocycles. The lowest BCUT2D eigenvalue weighted by molar-refractivity contribution is -0.113. The number of hydrogen-bond donors (Lipinski definition) is 1. The summed E-state index contributed by atoms with van der Waals surface area (Å²) in [7, 11) is 1.88. The molecular formula is C22H26N4O2S. The summed E-state index contributed by atoms with van der Waals surface area (Å²) in [6, 6.07) is 13.9. The summed E-state index contributed by atoms with van der Waals surface area (Å²) in [5.41, 5.74) is 4.19. The summed E-state index contributed by atoms with van der Waals surface area (Å²) >= 11 is 1.35. The molecular weight excluding hydrogens is 384 g/mol. The van der Waals surface area contributed by atoms with E-state index in [-0.39, 0.29) is 17.8 Å². The van der Waals surface area contributed by atoms with Crippen molar-refractivity contribution in [2.75, 3.05) is 11.1 Å². The number of anilines is 1. The fourth-order valence-electron chi connectivity index (χ4n) is 3.13. The maximum Gasteiger partial charge on any atom is 0.234 e. The zero-order valence-electron chi connectivity index (χ0n) is 17.4. The van der Waals surface area contributed by atoms with E-state index in [4.69, 9.17) is 4.74 Å². The van der Waals surface area contributed by atoms with Crippen LogP contribution in [0.25, 0.3) is 0 Å². The SMILES string of the molecule is Cc1cc(C)cc(NC(=O)CSc2nnc(C(C)Oc3cccc(C)c3)n2C)c1. The lowest BCUT2D eigenvalue weighted by Gasteiger charge is -2.14. The van der Waals surface area contributed by atoms with E-state index in [1.54, 1.807) is 0 Å². The zero-order chi connectivity index (χ0) is 21.0. The van der Waals surface area contributed by atoms with Gasteiger partial charge in [0.15, 0.2) is 17.1 Å². The summed E-state index contributed by atoms with van der Waals surface area (Å²) in [6.45, 7) is 7.99. The molecule has 0 aliphatic rings. The van der Waals surface area contributed by atoms with Crippen molar-refractivity contribution in [1.82, 2.24) is 14.8 Å². The van der Waals surface area contributed by atoms with Crippen LogP contribution in [0.15, 0.2) is 47.6 Å². The minimum atomic E-state index is -0.257. The van der Waals surface area contributed by atoms with Gasteiger partial charge in [0.1, 0.15) is 5.75 Å². The highest BCUT2D eigenvalue weighted by Crippen LogP contribution is 2.24. The number of carbonyl (C=O) groups excluding carboxylic acids is 1. The molecule has 0 saturated heterocycles. The summed E-state index contributed by atoms with van der Waals surface area (Å²) in [5, 5.41) is 12.1. The van der Waals surface area contributed by atoms with Gasteiger partial charge in [-0.3, -0.25) is 4.79 Å². The first-order chi connectivity index (χ1) is 13.8. The van der Waals surface area contributed by atoms with E-state index < -0.39 is 0 Å². The monoisotopic (exact) mass is 410 g/mol. The predicted octanol–water partition coefficient (Wildman–Crippen LogP) is 4.61. The molecule has 1 N–H and O–H groups in total. The highest BCUT2D eigenvalue weighted by Gasteiger charge is 2.18. The number of aryl methyl sites for hydroxylation is 3. The molecule has 3 aromatic rings. The van der Waals surface area contributed by atoms with E-state index in [0.29, 0.717) is 11.0 Å². The van der Waals surface area contributed by atoms with Crippen LogP contribution in [0.5, 0.6) is 5.75 Å². The van der Waals surface area contributed by atoms with E-state index in [2.05, 4.69) is 21.6 Å². The number of carbonyl (C=O) groups is 1. The number of benzene rings is 2. The van der Waals surface area contributed by atoms with Crippen LogP contribution in [0.1, 0.15) is 35.5 Å². The fraction of sp³-hybridized carbons (Fsp3) is 0.318. The Hall–Kier alpha value is -2.80. The van der Waals surface area contributed by atoms with Gasteiger partial charge in [-0.15, -0.1) is 10.2 Å². The second kappa shape index (κ2) is 9.13. The maximum absolute atomic E-state index is 12.3. The number of rotatable bonds is 7. The Kier molecular flexibility index (Phi) is 6.59. The van der Waals surface area contributed by atoms with Crippen LogP contribution >= 0.6 is 11.8 Å². The van der Waals surface area contributed by atoms with Gasteiger partial charge in [0.2, 0.25) is 5.91 Å². The number of aromatic nitrogens is 3. The summed E-state index contributed by atoms with van der Waals surface area (Å²) < 4.78 is 7.86. The Balaban J connectivity index is 1.59. The van der Waals surface area contributed by atoms with E-state index >= 15 is 0 Å². The van der Waals surface area contributed by atoms with Gasteiger partial charge in [-0.1, -0.05) is 30.0 Å². The Morgan fingerprint density at radius 1 is 1.10 bits per heavy atom. The molecule has 152 valence electrons. The van der Waals surface area contributed by atoms with E-state index in [1.165, 1.54) is 11.8 Å². The lowest BCUT2D eigenvalue weighted by Crippen LogP contribution is -2.15. The van der Waals surface area contributed by atoms with Crippen molar-refractivity contribution in [2.24, 2.45) is 7.05 Å². The highest BCUT2D eigenvalue weighted by atomic mass is 32.2. The molecule has 0 fully saturated rings. The molecule has 3 rings (SSSR count). The van der Waals surface area contributed by atoms with Gasteiger partial charge in [-0.05, 0) is 68.7 Å². The first-order valence-corrected chi connectivity index (χ1v) is 10.4. The molecule has 7 heteroatoms. The van der Waals surface area contributed by atoms with Crippen LogP contribution < -0.4 is 10.1 Å². The van der Waals surface area contributed by atoms with Gasteiger partial charge in [-0.2, -0.15) is 0 Å². The van der Waals surface area contributed by atoms with Crippen molar-refractivity contribution in [1.29, 1.82) is 0 Å². The molecule has 0 aliphatic heterocycles. The molecule has 29 heavy (non-hydrogen) atoms. The zero-order valence-corrected chi connectivity index (χ0v) is 18.2. The third-order valence-corrected chi connectivity index (χ3v) is 5.39. The third-order valence-electron chi connectivity index (χ3n) is 4.37. The van der Waals surface area contributed by atoms with Gasteiger partial charge in [0.25, 0.3) is 0 Å². The first-order valence-electron chi connectivity index (χ1n) is 9.45. The van der Waals surface area contributed by atoms with Crippen molar-refractivity contribution < 1.29 is 9.53 Å². The van der Waals surface area contributed by atoms with E-state index in [0.717, 1.165) is 28.1 Å². The minimum Gasteiger partial charge on any atom is -0.483 e. The van der Waals surface area contributed by atoms with Crippen LogP contribution in [0.2, 0.25) is 0 Å². The van der Waals surface area contributed by atoms with Gasteiger partial charge in [0.05, 0.1) is 5.75 Å². The molecule has 0 aliphatic carbocycles. The summed E-state index contributed by atoms with van der Waals surface area (Å²) in [6.07, 6.45) is -0.257. The second-order valence-corrected chi connectivity index (χ2v) is 8.13. The first kappa shape index (κ1) is 20.9.